The van der Waals surface area contributed by atoms with E-state index in [1.807, 2.05) is 0 Å². The first-order chi connectivity index (χ1) is 12.7. The number of amides is 2. The van der Waals surface area contributed by atoms with Crippen molar-refractivity contribution >= 4 is 23.6 Å². The van der Waals surface area contributed by atoms with Crippen LogP contribution in [-0.4, -0.2) is 47.1 Å². The van der Waals surface area contributed by atoms with Gasteiger partial charge >= 0.3 is 5.97 Å². The van der Waals surface area contributed by atoms with Gasteiger partial charge in [0.2, 0.25) is 0 Å². The van der Waals surface area contributed by atoms with Crippen molar-refractivity contribution in [1.82, 2.24) is 15.1 Å². The van der Waals surface area contributed by atoms with Gasteiger partial charge in [-0.2, -0.15) is 5.10 Å². The standard InChI is InChI=1S/C18H19N3O6/c1-10-15(11(2)21(3)20-10)16(23)18(25)27-9-14(22)19-17(24)12-5-7-13(26-4)8-6-12/h5-8H,9H2,1-4H3,(H,19,22,24). The Balaban J connectivity index is 1.91. The first kappa shape index (κ1) is 19.8. The maximum absolute atomic E-state index is 12.2. The number of hydrogen-bond acceptors (Lipinski definition) is 7. The highest BCUT2D eigenvalue weighted by Gasteiger charge is 2.26. The number of carbonyl (C=O) groups excluding carboxylic acids is 4. The summed E-state index contributed by atoms with van der Waals surface area (Å²) >= 11 is 0. The number of rotatable bonds is 6. The summed E-state index contributed by atoms with van der Waals surface area (Å²) in [5.41, 5.74) is 1.26. The van der Waals surface area contributed by atoms with Gasteiger partial charge in [0.25, 0.3) is 17.6 Å². The van der Waals surface area contributed by atoms with E-state index in [2.05, 4.69) is 10.4 Å². The van der Waals surface area contributed by atoms with E-state index in [4.69, 9.17) is 9.47 Å². The third kappa shape index (κ3) is 4.57. The fourth-order valence-corrected chi connectivity index (χ4v) is 2.38. The van der Waals surface area contributed by atoms with Gasteiger partial charge in [-0.05, 0) is 38.1 Å². The lowest BCUT2D eigenvalue weighted by molar-refractivity contribution is -0.143. The Morgan fingerprint density at radius 2 is 1.74 bits per heavy atom. The number of Topliss-reactive ketones (excluding diaryl/α,β-unsaturated/α-hetero) is 1. The van der Waals surface area contributed by atoms with Gasteiger partial charge in [-0.1, -0.05) is 0 Å². The molecule has 0 aliphatic heterocycles. The molecule has 9 heteroatoms. The molecule has 1 aromatic carbocycles. The van der Waals surface area contributed by atoms with Crippen LogP contribution < -0.4 is 10.1 Å². The number of ether oxygens (including phenoxy) is 2. The number of aryl methyl sites for hydroxylation is 2. The number of methoxy groups -OCH3 is 1. The van der Waals surface area contributed by atoms with Crippen LogP contribution >= 0.6 is 0 Å². The lowest BCUT2D eigenvalue weighted by Crippen LogP contribution is -2.35. The molecular weight excluding hydrogens is 354 g/mol. The Morgan fingerprint density at radius 3 is 2.26 bits per heavy atom. The Labute approximate surface area is 155 Å². The molecule has 0 aliphatic rings. The maximum Gasteiger partial charge on any atom is 0.380 e. The van der Waals surface area contributed by atoms with Crippen molar-refractivity contribution in [2.75, 3.05) is 13.7 Å². The van der Waals surface area contributed by atoms with Crippen LogP contribution in [-0.2, 0) is 21.4 Å². The summed E-state index contributed by atoms with van der Waals surface area (Å²) in [5.74, 6) is -3.04. The van der Waals surface area contributed by atoms with E-state index < -0.39 is 30.2 Å². The molecule has 1 heterocycles. The van der Waals surface area contributed by atoms with Gasteiger partial charge in [0.15, 0.2) is 6.61 Å². The zero-order valence-corrected chi connectivity index (χ0v) is 15.4. The highest BCUT2D eigenvalue weighted by atomic mass is 16.5. The third-order valence-electron chi connectivity index (χ3n) is 3.86. The van der Waals surface area contributed by atoms with Crippen LogP contribution in [0.2, 0.25) is 0 Å². The Kier molecular flexibility index (Phi) is 6.07. The number of nitrogens with zero attached hydrogens (tertiary/aromatic N) is 2. The van der Waals surface area contributed by atoms with Crippen LogP contribution in [0.3, 0.4) is 0 Å². The molecule has 0 saturated heterocycles. The van der Waals surface area contributed by atoms with Crippen LogP contribution in [0.15, 0.2) is 24.3 Å². The lowest BCUT2D eigenvalue weighted by atomic mass is 10.1. The van der Waals surface area contributed by atoms with E-state index in [9.17, 15) is 19.2 Å². The molecule has 0 unspecified atom stereocenters. The molecule has 0 aliphatic carbocycles. The van der Waals surface area contributed by atoms with Gasteiger partial charge < -0.3 is 9.47 Å². The van der Waals surface area contributed by atoms with Crippen LogP contribution in [0.25, 0.3) is 0 Å². The summed E-state index contributed by atoms with van der Waals surface area (Å²) in [6, 6.07) is 6.09. The zero-order valence-electron chi connectivity index (χ0n) is 15.4. The van der Waals surface area contributed by atoms with Crippen LogP contribution in [0.5, 0.6) is 5.75 Å². The van der Waals surface area contributed by atoms with E-state index in [-0.39, 0.29) is 11.1 Å². The molecule has 0 radical (unpaired) electrons. The summed E-state index contributed by atoms with van der Waals surface area (Å²) in [5, 5.41) is 6.12. The van der Waals surface area contributed by atoms with Gasteiger partial charge in [0, 0.05) is 18.3 Å². The van der Waals surface area contributed by atoms with Gasteiger partial charge in [-0.25, -0.2) is 4.79 Å². The van der Waals surface area contributed by atoms with Crippen molar-refractivity contribution in [2.45, 2.75) is 13.8 Å². The molecule has 0 fully saturated rings. The largest absolute Gasteiger partial charge is 0.497 e. The number of ketones is 1. The smallest absolute Gasteiger partial charge is 0.380 e. The number of hydrogen-bond donors (Lipinski definition) is 1. The van der Waals surface area contributed by atoms with Crippen molar-refractivity contribution in [2.24, 2.45) is 7.05 Å². The van der Waals surface area contributed by atoms with Crippen LogP contribution in [0.4, 0.5) is 0 Å². The molecule has 2 rings (SSSR count). The predicted octanol–water partition coefficient (Wildman–Crippen LogP) is 0.728. The van der Waals surface area contributed by atoms with E-state index in [0.717, 1.165) is 0 Å². The average Bonchev–Trinajstić information content (AvgIpc) is 2.90. The second-order valence-electron chi connectivity index (χ2n) is 5.68. The van der Waals surface area contributed by atoms with Crippen molar-refractivity contribution in [3.8, 4) is 5.75 Å². The number of carbonyl (C=O) groups is 4. The molecule has 2 amide bonds. The quantitative estimate of drug-likeness (QED) is 0.451. The fourth-order valence-electron chi connectivity index (χ4n) is 2.38. The van der Waals surface area contributed by atoms with Gasteiger partial charge in [0.1, 0.15) is 5.75 Å². The Morgan fingerprint density at radius 1 is 1.11 bits per heavy atom. The summed E-state index contributed by atoms with van der Waals surface area (Å²) in [7, 11) is 3.13. The number of nitrogens with one attached hydrogen (secondary N) is 1. The summed E-state index contributed by atoms with van der Waals surface area (Å²) in [6.45, 7) is 2.47. The van der Waals surface area contributed by atoms with Gasteiger partial charge in [0.05, 0.1) is 18.4 Å². The van der Waals surface area contributed by atoms with Crippen molar-refractivity contribution in [3.05, 3.63) is 46.8 Å². The highest BCUT2D eigenvalue weighted by molar-refractivity contribution is 6.41. The minimum Gasteiger partial charge on any atom is -0.497 e. The summed E-state index contributed by atoms with van der Waals surface area (Å²) < 4.78 is 11.1. The second kappa shape index (κ2) is 8.26. The summed E-state index contributed by atoms with van der Waals surface area (Å²) in [4.78, 5) is 47.8. The lowest BCUT2D eigenvalue weighted by Gasteiger charge is -2.06. The summed E-state index contributed by atoms with van der Waals surface area (Å²) in [6.07, 6.45) is 0. The van der Waals surface area contributed by atoms with E-state index >= 15 is 0 Å². The molecule has 9 nitrogen and oxygen atoms in total. The van der Waals surface area contributed by atoms with Crippen LogP contribution in [0, 0.1) is 13.8 Å². The molecular formula is C18H19N3O6. The molecule has 1 aromatic heterocycles. The number of esters is 1. The molecule has 142 valence electrons. The topological polar surface area (TPSA) is 117 Å². The molecule has 0 atom stereocenters. The van der Waals surface area contributed by atoms with Crippen molar-refractivity contribution in [1.29, 1.82) is 0 Å². The minimum absolute atomic E-state index is 0.136. The van der Waals surface area contributed by atoms with E-state index in [1.165, 1.54) is 23.9 Å². The van der Waals surface area contributed by atoms with Crippen LogP contribution in [0.1, 0.15) is 32.1 Å². The molecule has 2 aromatic rings. The first-order valence-corrected chi connectivity index (χ1v) is 7.94. The van der Waals surface area contributed by atoms with Crippen molar-refractivity contribution in [3.63, 3.8) is 0 Å². The molecule has 0 spiro atoms. The number of aromatic nitrogens is 2. The molecule has 0 saturated carbocycles. The minimum atomic E-state index is -1.19. The zero-order chi connectivity index (χ0) is 20.1. The highest BCUT2D eigenvalue weighted by Crippen LogP contribution is 2.13. The Hall–Kier alpha value is -3.49. The molecule has 0 bridgehead atoms. The second-order valence-corrected chi connectivity index (χ2v) is 5.68. The normalized spacial score (nSPS) is 10.2. The Bertz CT molecular complexity index is 899. The number of benzene rings is 1. The SMILES string of the molecule is COc1ccc(C(=O)NC(=O)COC(=O)C(=O)c2c(C)nn(C)c2C)cc1. The first-order valence-electron chi connectivity index (χ1n) is 7.94. The van der Waals surface area contributed by atoms with E-state index in [0.29, 0.717) is 17.1 Å². The van der Waals surface area contributed by atoms with E-state index in [1.54, 1.807) is 33.0 Å². The fraction of sp³-hybridized carbons (Fsp3) is 0.278. The van der Waals surface area contributed by atoms with Gasteiger partial charge in [-0.15, -0.1) is 0 Å². The average molecular weight is 373 g/mol. The maximum atomic E-state index is 12.2. The molecule has 27 heavy (non-hydrogen) atoms. The monoisotopic (exact) mass is 373 g/mol. The third-order valence-corrected chi connectivity index (χ3v) is 3.86. The van der Waals surface area contributed by atoms with Gasteiger partial charge in [-0.3, -0.25) is 24.4 Å². The number of imide groups is 1. The molecule has 1 N–H and O–H groups in total. The van der Waals surface area contributed by atoms with Crippen molar-refractivity contribution < 1.29 is 28.7 Å². The predicted molar refractivity (Wildman–Crippen MR) is 93.4 cm³/mol.